The van der Waals surface area contributed by atoms with Crippen molar-refractivity contribution in [1.29, 1.82) is 0 Å². The summed E-state index contributed by atoms with van der Waals surface area (Å²) in [6.45, 7) is 6.75. The van der Waals surface area contributed by atoms with Crippen LogP contribution in [0, 0.1) is 13.8 Å². The SMILES string of the molecule is CCc1ccc(-c2ccc(-n3nc(C)c(S(=O)(=O)N4CCCC4)c3C)nn2)cc1. The van der Waals surface area contributed by atoms with Gasteiger partial charge in [-0.1, -0.05) is 31.2 Å². The maximum atomic E-state index is 13.0. The lowest BCUT2D eigenvalue weighted by atomic mass is 10.1. The van der Waals surface area contributed by atoms with Crippen LogP contribution in [-0.2, 0) is 16.4 Å². The van der Waals surface area contributed by atoms with Crippen LogP contribution in [0.5, 0.6) is 0 Å². The maximum Gasteiger partial charge on any atom is 0.246 e. The third-order valence-corrected chi connectivity index (χ3v) is 7.56. The zero-order valence-corrected chi connectivity index (χ0v) is 17.8. The molecule has 0 unspecified atom stereocenters. The quantitative estimate of drug-likeness (QED) is 0.643. The van der Waals surface area contributed by atoms with E-state index in [9.17, 15) is 8.42 Å². The molecule has 0 saturated carbocycles. The molecule has 0 N–H and O–H groups in total. The van der Waals surface area contributed by atoms with Gasteiger partial charge >= 0.3 is 0 Å². The smallest absolute Gasteiger partial charge is 0.216 e. The summed E-state index contributed by atoms with van der Waals surface area (Å²) >= 11 is 0. The predicted octanol–water partition coefficient (Wildman–Crippen LogP) is 3.29. The van der Waals surface area contributed by atoms with E-state index >= 15 is 0 Å². The van der Waals surface area contributed by atoms with Gasteiger partial charge in [0.15, 0.2) is 5.82 Å². The molecule has 8 heteroatoms. The number of hydrogen-bond donors (Lipinski definition) is 0. The van der Waals surface area contributed by atoms with Crippen molar-refractivity contribution in [2.75, 3.05) is 13.1 Å². The molecule has 3 heterocycles. The second-order valence-electron chi connectivity index (χ2n) is 7.35. The molecule has 1 aliphatic rings. The van der Waals surface area contributed by atoms with Crippen molar-refractivity contribution in [2.24, 2.45) is 0 Å². The van der Waals surface area contributed by atoms with Gasteiger partial charge in [0.2, 0.25) is 10.0 Å². The minimum atomic E-state index is -3.54. The summed E-state index contributed by atoms with van der Waals surface area (Å²) in [6.07, 6.45) is 2.79. The van der Waals surface area contributed by atoms with Gasteiger partial charge in [0, 0.05) is 18.7 Å². The first kappa shape index (κ1) is 19.7. The molecule has 1 aliphatic heterocycles. The summed E-state index contributed by atoms with van der Waals surface area (Å²) in [7, 11) is -3.54. The Morgan fingerprint density at radius 3 is 2.24 bits per heavy atom. The number of hydrogen-bond acceptors (Lipinski definition) is 5. The monoisotopic (exact) mass is 411 g/mol. The van der Waals surface area contributed by atoms with Gasteiger partial charge in [-0.3, -0.25) is 0 Å². The average molecular weight is 412 g/mol. The Morgan fingerprint density at radius 1 is 0.966 bits per heavy atom. The summed E-state index contributed by atoms with van der Waals surface area (Å²) in [4.78, 5) is 0.278. The first-order chi connectivity index (χ1) is 13.9. The van der Waals surface area contributed by atoms with Crippen LogP contribution in [0.3, 0.4) is 0 Å². The lowest BCUT2D eigenvalue weighted by molar-refractivity contribution is 0.476. The Bertz CT molecular complexity index is 1110. The highest BCUT2D eigenvalue weighted by atomic mass is 32.2. The molecule has 0 spiro atoms. The van der Waals surface area contributed by atoms with Gasteiger partial charge in [0.25, 0.3) is 0 Å². The van der Waals surface area contributed by atoms with Crippen LogP contribution in [-0.4, -0.2) is 45.8 Å². The molecule has 2 aromatic heterocycles. The third-order valence-electron chi connectivity index (χ3n) is 5.41. The molecule has 0 amide bonds. The number of nitrogens with zero attached hydrogens (tertiary/aromatic N) is 5. The summed E-state index contributed by atoms with van der Waals surface area (Å²) in [5.41, 5.74) is 4.07. The van der Waals surface area contributed by atoms with Crippen molar-refractivity contribution in [3.05, 3.63) is 53.3 Å². The Labute approximate surface area is 171 Å². The lowest BCUT2D eigenvalue weighted by Crippen LogP contribution is -2.28. The maximum absolute atomic E-state index is 13.0. The van der Waals surface area contributed by atoms with Gasteiger partial charge < -0.3 is 0 Å². The molecule has 1 fully saturated rings. The lowest BCUT2D eigenvalue weighted by Gasteiger charge is -2.15. The summed E-state index contributed by atoms with van der Waals surface area (Å²) in [5, 5.41) is 13.1. The molecule has 7 nitrogen and oxygen atoms in total. The Morgan fingerprint density at radius 2 is 1.66 bits per heavy atom. The van der Waals surface area contributed by atoms with Gasteiger partial charge in [-0.15, -0.1) is 10.2 Å². The predicted molar refractivity (Wildman–Crippen MR) is 111 cm³/mol. The topological polar surface area (TPSA) is 81.0 Å². The van der Waals surface area contributed by atoms with Gasteiger partial charge in [-0.25, -0.2) is 13.1 Å². The minimum Gasteiger partial charge on any atom is -0.216 e. The molecule has 1 saturated heterocycles. The molecule has 152 valence electrons. The van der Waals surface area contributed by atoms with E-state index in [1.165, 1.54) is 5.56 Å². The molecule has 4 rings (SSSR count). The fourth-order valence-corrected chi connectivity index (χ4v) is 5.66. The summed E-state index contributed by atoms with van der Waals surface area (Å²) < 4.78 is 29.2. The van der Waals surface area contributed by atoms with E-state index in [2.05, 4.69) is 34.4 Å². The number of sulfonamides is 1. The molecule has 3 aromatic rings. The van der Waals surface area contributed by atoms with Crippen molar-refractivity contribution >= 4 is 10.0 Å². The second kappa shape index (κ2) is 7.68. The van der Waals surface area contributed by atoms with Gasteiger partial charge in [0.05, 0.1) is 17.1 Å². The molecule has 0 atom stereocenters. The highest BCUT2D eigenvalue weighted by molar-refractivity contribution is 7.89. The molecule has 0 aliphatic carbocycles. The fraction of sp³-hybridized carbons (Fsp3) is 0.381. The van der Waals surface area contributed by atoms with Gasteiger partial charge in [0.1, 0.15) is 4.90 Å². The van der Waals surface area contributed by atoms with E-state index in [1.807, 2.05) is 24.3 Å². The van der Waals surface area contributed by atoms with Crippen LogP contribution < -0.4 is 0 Å². The zero-order valence-electron chi connectivity index (χ0n) is 17.0. The second-order valence-corrected chi connectivity index (χ2v) is 9.22. The van der Waals surface area contributed by atoms with Gasteiger partial charge in [-0.05, 0) is 50.8 Å². The summed E-state index contributed by atoms with van der Waals surface area (Å²) in [6, 6.07) is 11.9. The van der Waals surface area contributed by atoms with Crippen molar-refractivity contribution in [2.45, 2.75) is 44.9 Å². The molecule has 0 radical (unpaired) electrons. The van der Waals surface area contributed by atoms with E-state index in [4.69, 9.17) is 0 Å². The van der Waals surface area contributed by atoms with Crippen molar-refractivity contribution in [3.63, 3.8) is 0 Å². The zero-order chi connectivity index (χ0) is 20.6. The van der Waals surface area contributed by atoms with Crippen molar-refractivity contribution in [3.8, 4) is 17.1 Å². The number of benzene rings is 1. The average Bonchev–Trinajstić information content (AvgIpc) is 3.37. The van der Waals surface area contributed by atoms with Crippen LogP contribution in [0.4, 0.5) is 0 Å². The van der Waals surface area contributed by atoms with Crippen LogP contribution in [0.15, 0.2) is 41.3 Å². The number of rotatable bonds is 5. The van der Waals surface area contributed by atoms with E-state index in [-0.39, 0.29) is 4.90 Å². The highest BCUT2D eigenvalue weighted by Crippen LogP contribution is 2.27. The van der Waals surface area contributed by atoms with Crippen LogP contribution in [0.1, 0.15) is 36.7 Å². The standard InChI is InChI=1S/C21H25N5O2S/c1-4-17-7-9-18(10-8-17)19-11-12-20(23-22-19)26-16(3)21(15(2)24-26)29(27,28)25-13-5-6-14-25/h7-12H,4-6,13-14H2,1-3H3. The first-order valence-corrected chi connectivity index (χ1v) is 11.4. The Hall–Kier alpha value is -2.58. The van der Waals surface area contributed by atoms with Gasteiger partial charge in [-0.2, -0.15) is 9.40 Å². The number of aromatic nitrogens is 4. The largest absolute Gasteiger partial charge is 0.246 e. The molecule has 0 bridgehead atoms. The van der Waals surface area contributed by atoms with Crippen molar-refractivity contribution in [1.82, 2.24) is 24.3 Å². The Kier molecular flexibility index (Phi) is 5.23. The Balaban J connectivity index is 1.67. The highest BCUT2D eigenvalue weighted by Gasteiger charge is 2.33. The van der Waals surface area contributed by atoms with E-state index < -0.39 is 10.0 Å². The fourth-order valence-electron chi connectivity index (χ4n) is 3.79. The molecule has 29 heavy (non-hydrogen) atoms. The van der Waals surface area contributed by atoms with E-state index in [1.54, 1.807) is 22.8 Å². The van der Waals surface area contributed by atoms with E-state index in [0.717, 1.165) is 30.5 Å². The molecule has 1 aromatic carbocycles. The summed E-state index contributed by atoms with van der Waals surface area (Å²) in [5.74, 6) is 0.502. The third kappa shape index (κ3) is 3.58. The van der Waals surface area contributed by atoms with Crippen LogP contribution in [0.25, 0.3) is 17.1 Å². The first-order valence-electron chi connectivity index (χ1n) is 9.91. The molecular formula is C21H25N5O2S. The molecular weight excluding hydrogens is 386 g/mol. The normalized spacial score (nSPS) is 15.1. The number of aryl methyl sites for hydroxylation is 2. The van der Waals surface area contributed by atoms with E-state index in [0.29, 0.717) is 30.3 Å². The van der Waals surface area contributed by atoms with Crippen molar-refractivity contribution < 1.29 is 8.42 Å². The van der Waals surface area contributed by atoms with Crippen LogP contribution in [0.2, 0.25) is 0 Å². The van der Waals surface area contributed by atoms with Crippen LogP contribution >= 0.6 is 0 Å². The minimum absolute atomic E-state index is 0.278.